The van der Waals surface area contributed by atoms with Crippen LogP contribution < -0.4 is 0 Å². The van der Waals surface area contributed by atoms with E-state index in [1.807, 2.05) is 0 Å². The first kappa shape index (κ1) is 16.8. The maximum Gasteiger partial charge on any atom is 0.0900 e. The molecule has 0 aromatic rings. The van der Waals surface area contributed by atoms with Crippen molar-refractivity contribution in [1.29, 1.82) is 0 Å². The standard InChI is InChI=1S/C13H28N2O4/c1-18-9-10-19-12-13(17)11-15-4-2-3-14(5-6-15)7-8-16/h13,16-17H,2-12H2,1H3. The second kappa shape index (κ2) is 10.5. The SMILES string of the molecule is COCCOCC(O)CN1CCCN(CCO)CC1. The highest BCUT2D eigenvalue weighted by atomic mass is 16.5. The van der Waals surface area contributed by atoms with Crippen LogP contribution >= 0.6 is 0 Å². The molecular formula is C13H28N2O4. The van der Waals surface area contributed by atoms with E-state index < -0.39 is 6.10 Å². The molecule has 1 unspecified atom stereocenters. The Hall–Kier alpha value is -0.240. The van der Waals surface area contributed by atoms with Crippen LogP contribution in [-0.2, 0) is 9.47 Å². The first-order chi connectivity index (χ1) is 9.26. The van der Waals surface area contributed by atoms with Gasteiger partial charge in [0.1, 0.15) is 0 Å². The maximum atomic E-state index is 9.90. The van der Waals surface area contributed by atoms with Crippen molar-refractivity contribution in [1.82, 2.24) is 9.80 Å². The van der Waals surface area contributed by atoms with Crippen molar-refractivity contribution in [2.24, 2.45) is 0 Å². The van der Waals surface area contributed by atoms with Gasteiger partial charge in [0, 0.05) is 33.3 Å². The van der Waals surface area contributed by atoms with E-state index >= 15 is 0 Å². The Balaban J connectivity index is 2.14. The van der Waals surface area contributed by atoms with Gasteiger partial charge in [0.2, 0.25) is 0 Å². The Morgan fingerprint density at radius 3 is 2.58 bits per heavy atom. The van der Waals surface area contributed by atoms with Gasteiger partial charge >= 0.3 is 0 Å². The van der Waals surface area contributed by atoms with Gasteiger partial charge in [0.15, 0.2) is 0 Å². The van der Waals surface area contributed by atoms with Gasteiger partial charge in [-0.15, -0.1) is 0 Å². The zero-order chi connectivity index (χ0) is 13.9. The number of β-amino-alcohol motifs (C(OH)–C–C–N with tert-alkyl or cyclic N) is 2. The molecule has 6 heteroatoms. The molecule has 0 saturated carbocycles. The Bertz CT molecular complexity index is 219. The Labute approximate surface area is 115 Å². The van der Waals surface area contributed by atoms with Gasteiger partial charge in [-0.05, 0) is 19.5 Å². The highest BCUT2D eigenvalue weighted by Gasteiger charge is 2.17. The summed E-state index contributed by atoms with van der Waals surface area (Å²) in [5.74, 6) is 0. The van der Waals surface area contributed by atoms with E-state index in [1.54, 1.807) is 7.11 Å². The molecule has 0 amide bonds. The minimum atomic E-state index is -0.443. The number of hydrogen-bond acceptors (Lipinski definition) is 6. The lowest BCUT2D eigenvalue weighted by Gasteiger charge is -2.23. The summed E-state index contributed by atoms with van der Waals surface area (Å²) in [7, 11) is 1.63. The van der Waals surface area contributed by atoms with E-state index in [-0.39, 0.29) is 6.61 Å². The summed E-state index contributed by atoms with van der Waals surface area (Å²) in [5.41, 5.74) is 0. The summed E-state index contributed by atoms with van der Waals surface area (Å²) in [6.07, 6.45) is 0.637. The number of nitrogens with zero attached hydrogens (tertiary/aromatic N) is 2. The number of ether oxygens (including phenoxy) is 2. The molecule has 1 rings (SSSR count). The number of rotatable bonds is 9. The fraction of sp³-hybridized carbons (Fsp3) is 1.00. The smallest absolute Gasteiger partial charge is 0.0900 e. The fourth-order valence-electron chi connectivity index (χ4n) is 2.28. The quantitative estimate of drug-likeness (QED) is 0.527. The van der Waals surface area contributed by atoms with E-state index in [4.69, 9.17) is 14.6 Å². The van der Waals surface area contributed by atoms with Crippen molar-refractivity contribution in [3.63, 3.8) is 0 Å². The maximum absolute atomic E-state index is 9.90. The van der Waals surface area contributed by atoms with Crippen LogP contribution in [0.4, 0.5) is 0 Å². The second-order valence-electron chi connectivity index (χ2n) is 4.94. The summed E-state index contributed by atoms with van der Waals surface area (Å²) in [6.45, 7) is 6.98. The molecule has 0 aromatic carbocycles. The van der Waals surface area contributed by atoms with Gasteiger partial charge in [-0.25, -0.2) is 0 Å². The Morgan fingerprint density at radius 2 is 1.84 bits per heavy atom. The number of hydrogen-bond donors (Lipinski definition) is 2. The van der Waals surface area contributed by atoms with Crippen LogP contribution in [0.1, 0.15) is 6.42 Å². The molecule has 1 heterocycles. The van der Waals surface area contributed by atoms with Gasteiger partial charge in [-0.1, -0.05) is 0 Å². The molecule has 1 fully saturated rings. The highest BCUT2D eigenvalue weighted by molar-refractivity contribution is 4.72. The summed E-state index contributed by atoms with van der Waals surface area (Å²) < 4.78 is 10.2. The van der Waals surface area contributed by atoms with Crippen molar-refractivity contribution in [3.8, 4) is 0 Å². The predicted octanol–water partition coefficient (Wildman–Crippen LogP) is -0.990. The highest BCUT2D eigenvalue weighted by Crippen LogP contribution is 2.04. The van der Waals surface area contributed by atoms with Crippen LogP contribution in [0, 0.1) is 0 Å². The lowest BCUT2D eigenvalue weighted by atomic mass is 10.3. The minimum Gasteiger partial charge on any atom is -0.395 e. The van der Waals surface area contributed by atoms with Gasteiger partial charge in [-0.3, -0.25) is 9.80 Å². The number of methoxy groups -OCH3 is 1. The molecule has 2 N–H and O–H groups in total. The molecule has 0 aliphatic carbocycles. The molecular weight excluding hydrogens is 248 g/mol. The monoisotopic (exact) mass is 276 g/mol. The molecule has 0 radical (unpaired) electrons. The van der Waals surface area contributed by atoms with Crippen molar-refractivity contribution in [2.45, 2.75) is 12.5 Å². The fourth-order valence-corrected chi connectivity index (χ4v) is 2.28. The van der Waals surface area contributed by atoms with Crippen LogP contribution in [0.5, 0.6) is 0 Å². The van der Waals surface area contributed by atoms with E-state index in [0.29, 0.717) is 26.4 Å². The number of aliphatic hydroxyl groups is 2. The molecule has 0 aromatic heterocycles. The molecule has 6 nitrogen and oxygen atoms in total. The Morgan fingerprint density at radius 1 is 1.11 bits per heavy atom. The first-order valence-corrected chi connectivity index (χ1v) is 7.06. The van der Waals surface area contributed by atoms with Crippen molar-refractivity contribution >= 4 is 0 Å². The molecule has 1 aliphatic heterocycles. The van der Waals surface area contributed by atoms with Crippen molar-refractivity contribution in [2.75, 3.05) is 72.8 Å². The van der Waals surface area contributed by atoms with Crippen LogP contribution in [-0.4, -0.2) is 98.9 Å². The summed E-state index contributed by atoms with van der Waals surface area (Å²) in [6, 6.07) is 0. The second-order valence-corrected chi connectivity index (χ2v) is 4.94. The van der Waals surface area contributed by atoms with Crippen LogP contribution in [0.15, 0.2) is 0 Å². The summed E-state index contributed by atoms with van der Waals surface area (Å²) in [4.78, 5) is 4.53. The molecule has 1 atom stereocenters. The summed E-state index contributed by atoms with van der Waals surface area (Å²) >= 11 is 0. The minimum absolute atomic E-state index is 0.218. The third-order valence-electron chi connectivity index (χ3n) is 3.31. The van der Waals surface area contributed by atoms with E-state index in [0.717, 1.165) is 39.1 Å². The van der Waals surface area contributed by atoms with Crippen LogP contribution in [0.2, 0.25) is 0 Å². The van der Waals surface area contributed by atoms with Crippen molar-refractivity contribution in [3.05, 3.63) is 0 Å². The van der Waals surface area contributed by atoms with Gasteiger partial charge in [0.25, 0.3) is 0 Å². The van der Waals surface area contributed by atoms with Gasteiger partial charge < -0.3 is 19.7 Å². The van der Waals surface area contributed by atoms with Crippen LogP contribution in [0.3, 0.4) is 0 Å². The molecule has 114 valence electrons. The van der Waals surface area contributed by atoms with Crippen molar-refractivity contribution < 1.29 is 19.7 Å². The lowest BCUT2D eigenvalue weighted by molar-refractivity contribution is -0.0000787. The molecule has 0 bridgehead atoms. The zero-order valence-electron chi connectivity index (χ0n) is 12.0. The summed E-state index contributed by atoms with van der Waals surface area (Å²) in [5, 5.41) is 18.8. The average molecular weight is 276 g/mol. The van der Waals surface area contributed by atoms with E-state index in [2.05, 4.69) is 9.80 Å². The van der Waals surface area contributed by atoms with Gasteiger partial charge in [-0.2, -0.15) is 0 Å². The lowest BCUT2D eigenvalue weighted by Crippen LogP contribution is -2.38. The zero-order valence-corrected chi connectivity index (χ0v) is 12.0. The third-order valence-corrected chi connectivity index (χ3v) is 3.31. The largest absolute Gasteiger partial charge is 0.395 e. The topological polar surface area (TPSA) is 65.4 Å². The molecule has 19 heavy (non-hydrogen) atoms. The average Bonchev–Trinajstić information content (AvgIpc) is 2.61. The van der Waals surface area contributed by atoms with E-state index in [1.165, 1.54) is 0 Å². The van der Waals surface area contributed by atoms with E-state index in [9.17, 15) is 5.11 Å². The first-order valence-electron chi connectivity index (χ1n) is 7.06. The molecule has 0 spiro atoms. The predicted molar refractivity (Wildman–Crippen MR) is 73.3 cm³/mol. The molecule has 1 aliphatic rings. The number of aliphatic hydroxyl groups excluding tert-OH is 2. The normalized spacial score (nSPS) is 20.4. The van der Waals surface area contributed by atoms with Gasteiger partial charge in [0.05, 0.1) is 32.5 Å². The third kappa shape index (κ3) is 7.81. The van der Waals surface area contributed by atoms with Crippen LogP contribution in [0.25, 0.3) is 0 Å². The molecule has 1 saturated heterocycles. The Kier molecular flexibility index (Phi) is 9.32.